The molecule has 1 aliphatic heterocycles. The summed E-state index contributed by atoms with van der Waals surface area (Å²) in [4.78, 5) is 40.2. The number of halogens is 1. The molecule has 3 atom stereocenters. The van der Waals surface area contributed by atoms with Crippen molar-refractivity contribution in [2.75, 3.05) is 19.6 Å². The maximum absolute atomic E-state index is 13.5. The number of likely N-dealkylation sites (tertiary alicyclic amines) is 1. The second kappa shape index (κ2) is 12.2. The molecule has 1 unspecified atom stereocenters. The summed E-state index contributed by atoms with van der Waals surface area (Å²) < 4.78 is 5.48. The Morgan fingerprint density at radius 2 is 1.71 bits per heavy atom. The van der Waals surface area contributed by atoms with Crippen molar-refractivity contribution in [2.24, 2.45) is 23.0 Å². The van der Waals surface area contributed by atoms with Crippen molar-refractivity contribution in [2.45, 2.75) is 85.1 Å². The highest BCUT2D eigenvalue weighted by atomic mass is 35.5. The van der Waals surface area contributed by atoms with Crippen molar-refractivity contribution in [3.63, 3.8) is 0 Å². The van der Waals surface area contributed by atoms with Crippen LogP contribution in [-0.4, -0.2) is 65.2 Å². The number of carbonyl (C=O) groups is 3. The molecule has 0 radical (unpaired) electrons. The fraction of sp³-hybridized carbons (Fsp3) is 0.679. The molecule has 38 heavy (non-hydrogen) atoms. The van der Waals surface area contributed by atoms with E-state index in [2.05, 4.69) is 10.6 Å². The molecular formula is C28H45ClN4O5. The molecule has 1 aromatic carbocycles. The van der Waals surface area contributed by atoms with Gasteiger partial charge in [0.1, 0.15) is 17.7 Å². The number of amides is 3. The summed E-state index contributed by atoms with van der Waals surface area (Å²) in [5, 5.41) is 17.7. The van der Waals surface area contributed by atoms with Gasteiger partial charge in [-0.15, -0.1) is 0 Å². The Bertz CT molecular complexity index is 995. The second-order valence-electron chi connectivity index (χ2n) is 12.3. The second-order valence-corrected chi connectivity index (χ2v) is 12.7. The summed E-state index contributed by atoms with van der Waals surface area (Å²) in [6, 6.07) is 5.08. The Labute approximate surface area is 231 Å². The van der Waals surface area contributed by atoms with Crippen molar-refractivity contribution in [3.05, 3.63) is 34.9 Å². The first-order chi connectivity index (χ1) is 17.4. The van der Waals surface area contributed by atoms with Gasteiger partial charge in [-0.2, -0.15) is 0 Å². The number of nitrogens with two attached hydrogens (primary N) is 1. The van der Waals surface area contributed by atoms with Gasteiger partial charge < -0.3 is 31.1 Å². The molecule has 1 heterocycles. The lowest BCUT2D eigenvalue weighted by molar-refractivity contribution is -0.158. The average Bonchev–Trinajstić information content (AvgIpc) is 2.81. The topological polar surface area (TPSA) is 134 Å². The molecule has 3 amide bonds. The minimum atomic E-state index is -1.13. The molecular weight excluding hydrogens is 508 g/mol. The van der Waals surface area contributed by atoms with Gasteiger partial charge in [0.15, 0.2) is 0 Å². The standard InChI is InChI=1S/C28H45ClN4O5/c1-17(2)21(30)24(35)38-27(7,8)15-31-25(36)32-22(18(3)4)23(34)33-14-13-28(37,26(5,6)16-33)19-9-11-20(29)12-10-19/h9-12,17-18,21-22,37H,13-16,30H2,1-8H3,(H2,31,32,36)/t21-,22?,28-/m0/s1. The molecule has 0 spiro atoms. The van der Waals surface area contributed by atoms with E-state index in [-0.39, 0.29) is 24.3 Å². The van der Waals surface area contributed by atoms with E-state index in [0.717, 1.165) is 5.56 Å². The summed E-state index contributed by atoms with van der Waals surface area (Å²) in [7, 11) is 0. The van der Waals surface area contributed by atoms with E-state index in [4.69, 9.17) is 22.1 Å². The normalized spacial score (nSPS) is 21.1. The van der Waals surface area contributed by atoms with E-state index in [9.17, 15) is 19.5 Å². The van der Waals surface area contributed by atoms with Crippen LogP contribution in [0.3, 0.4) is 0 Å². The number of nitrogens with zero attached hydrogens (tertiary/aromatic N) is 1. The summed E-state index contributed by atoms with van der Waals surface area (Å²) in [6.07, 6.45) is 0.350. The number of carbonyl (C=O) groups excluding carboxylic acids is 3. The first-order valence-corrected chi connectivity index (χ1v) is 13.6. The largest absolute Gasteiger partial charge is 0.457 e. The molecule has 5 N–H and O–H groups in total. The molecule has 214 valence electrons. The third kappa shape index (κ3) is 7.61. The zero-order valence-electron chi connectivity index (χ0n) is 23.9. The predicted octanol–water partition coefficient (Wildman–Crippen LogP) is 3.42. The SMILES string of the molecule is CC(C)C(NC(=O)NCC(C)(C)OC(=O)[C@@H](N)C(C)C)C(=O)N1CC[C@](O)(c2ccc(Cl)cc2)C(C)(C)C1. The number of hydrogen-bond acceptors (Lipinski definition) is 6. The lowest BCUT2D eigenvalue weighted by Crippen LogP contribution is -2.61. The Balaban J connectivity index is 2.03. The Kier molecular flexibility index (Phi) is 10.2. The molecule has 9 nitrogen and oxygen atoms in total. The van der Waals surface area contributed by atoms with Crippen molar-refractivity contribution >= 4 is 29.5 Å². The first-order valence-electron chi connectivity index (χ1n) is 13.2. The van der Waals surface area contributed by atoms with E-state index < -0.39 is 40.7 Å². The van der Waals surface area contributed by atoms with Crippen LogP contribution in [0.15, 0.2) is 24.3 Å². The highest BCUT2D eigenvalue weighted by molar-refractivity contribution is 6.30. The monoisotopic (exact) mass is 552 g/mol. The number of esters is 1. The van der Waals surface area contributed by atoms with Crippen molar-refractivity contribution in [1.29, 1.82) is 0 Å². The fourth-order valence-corrected chi connectivity index (χ4v) is 4.74. The zero-order chi connectivity index (χ0) is 29.1. The molecule has 0 aliphatic carbocycles. The highest BCUT2D eigenvalue weighted by Crippen LogP contribution is 2.46. The van der Waals surface area contributed by atoms with Crippen LogP contribution in [0.4, 0.5) is 4.79 Å². The smallest absolute Gasteiger partial charge is 0.323 e. The summed E-state index contributed by atoms with van der Waals surface area (Å²) in [5.41, 5.74) is 3.86. The van der Waals surface area contributed by atoms with Crippen LogP contribution < -0.4 is 16.4 Å². The molecule has 10 heteroatoms. The van der Waals surface area contributed by atoms with Crippen LogP contribution in [-0.2, 0) is 19.9 Å². The van der Waals surface area contributed by atoms with Gasteiger partial charge in [0.25, 0.3) is 0 Å². The Hall–Kier alpha value is -2.36. The average molecular weight is 553 g/mol. The first kappa shape index (κ1) is 31.9. The lowest BCUT2D eigenvalue weighted by atomic mass is 9.66. The van der Waals surface area contributed by atoms with Crippen molar-refractivity contribution in [3.8, 4) is 0 Å². The van der Waals surface area contributed by atoms with Crippen LogP contribution >= 0.6 is 11.6 Å². The molecule has 1 saturated heterocycles. The predicted molar refractivity (Wildman–Crippen MR) is 148 cm³/mol. The van der Waals surface area contributed by atoms with E-state index in [0.29, 0.717) is 24.5 Å². The van der Waals surface area contributed by atoms with Gasteiger partial charge in [-0.25, -0.2) is 4.79 Å². The summed E-state index contributed by atoms with van der Waals surface area (Å²) >= 11 is 6.03. The van der Waals surface area contributed by atoms with Gasteiger partial charge in [-0.3, -0.25) is 9.59 Å². The number of benzene rings is 1. The molecule has 2 rings (SSSR count). The van der Waals surface area contributed by atoms with Gasteiger partial charge in [0.2, 0.25) is 5.91 Å². The van der Waals surface area contributed by atoms with Gasteiger partial charge in [-0.05, 0) is 49.8 Å². The molecule has 0 aromatic heterocycles. The minimum Gasteiger partial charge on any atom is -0.457 e. The van der Waals surface area contributed by atoms with Crippen LogP contribution in [0.1, 0.15) is 67.4 Å². The van der Waals surface area contributed by atoms with Gasteiger partial charge in [0.05, 0.1) is 12.1 Å². The number of aliphatic hydroxyl groups is 1. The van der Waals surface area contributed by atoms with Crippen molar-refractivity contribution < 1.29 is 24.2 Å². The van der Waals surface area contributed by atoms with Crippen LogP contribution in [0.2, 0.25) is 5.02 Å². The number of nitrogens with one attached hydrogen (secondary N) is 2. The Morgan fingerprint density at radius 3 is 2.21 bits per heavy atom. The van der Waals surface area contributed by atoms with E-state index in [1.165, 1.54) is 0 Å². The van der Waals surface area contributed by atoms with Crippen molar-refractivity contribution in [1.82, 2.24) is 15.5 Å². The van der Waals surface area contributed by atoms with Crippen LogP contribution in [0.25, 0.3) is 0 Å². The third-order valence-electron chi connectivity index (χ3n) is 7.34. The molecule has 1 fully saturated rings. The van der Waals surface area contributed by atoms with E-state index >= 15 is 0 Å². The molecule has 0 bridgehead atoms. The third-order valence-corrected chi connectivity index (χ3v) is 7.60. The molecule has 1 aromatic rings. The quantitative estimate of drug-likeness (QED) is 0.347. The zero-order valence-corrected chi connectivity index (χ0v) is 24.7. The number of piperidine rings is 1. The molecule has 1 aliphatic rings. The van der Waals surface area contributed by atoms with Gasteiger partial charge in [0, 0.05) is 23.5 Å². The fourth-order valence-electron chi connectivity index (χ4n) is 4.62. The van der Waals surface area contributed by atoms with Gasteiger partial charge in [-0.1, -0.05) is 65.3 Å². The lowest BCUT2D eigenvalue weighted by Gasteiger charge is -2.51. The summed E-state index contributed by atoms with van der Waals surface area (Å²) in [5.74, 6) is -0.999. The van der Waals surface area contributed by atoms with E-state index in [1.807, 2.05) is 53.7 Å². The van der Waals surface area contributed by atoms with Crippen LogP contribution in [0, 0.1) is 17.3 Å². The number of rotatable bonds is 9. The number of hydrogen-bond donors (Lipinski definition) is 4. The van der Waals surface area contributed by atoms with E-state index in [1.54, 1.807) is 30.9 Å². The summed E-state index contributed by atoms with van der Waals surface area (Å²) in [6.45, 7) is 15.3. The highest BCUT2D eigenvalue weighted by Gasteiger charge is 2.50. The number of ether oxygens (including phenoxy) is 1. The number of urea groups is 1. The maximum Gasteiger partial charge on any atom is 0.323 e. The van der Waals surface area contributed by atoms with Crippen LogP contribution in [0.5, 0.6) is 0 Å². The van der Waals surface area contributed by atoms with Gasteiger partial charge >= 0.3 is 12.0 Å². The Morgan fingerprint density at radius 1 is 1.13 bits per heavy atom. The minimum absolute atomic E-state index is 0.0409. The molecule has 0 saturated carbocycles. The maximum atomic E-state index is 13.5.